The van der Waals surface area contributed by atoms with Crippen molar-refractivity contribution in [1.29, 1.82) is 0 Å². The van der Waals surface area contributed by atoms with Gasteiger partial charge in [0.1, 0.15) is 0 Å². The van der Waals surface area contributed by atoms with E-state index in [1.807, 2.05) is 13.2 Å². The third-order valence-corrected chi connectivity index (χ3v) is 2.02. The number of nitrogens with one attached hydrogen (secondary N) is 1. The van der Waals surface area contributed by atoms with Crippen molar-refractivity contribution >= 4 is 0 Å². The van der Waals surface area contributed by atoms with Crippen LogP contribution in [0.25, 0.3) is 0 Å². The van der Waals surface area contributed by atoms with E-state index in [2.05, 4.69) is 10.4 Å². The first-order valence-corrected chi connectivity index (χ1v) is 4.58. The Hall–Kier alpha value is -0.970. The topological polar surface area (TPSA) is 29.9 Å². The average molecular weight is 203 g/mol. The highest BCUT2D eigenvalue weighted by atomic mass is 19.3. The van der Waals surface area contributed by atoms with Crippen molar-refractivity contribution in [1.82, 2.24) is 15.1 Å². The standard InChI is InChI=1S/C9H15F2N3/c1-7(9(10)11)12-4-3-8-5-13-14(2)6-8/h5-7,9,12H,3-4H2,1-2H3. The molecular formula is C9H15F2N3. The summed E-state index contributed by atoms with van der Waals surface area (Å²) in [7, 11) is 1.83. The second kappa shape index (κ2) is 5.05. The van der Waals surface area contributed by atoms with E-state index >= 15 is 0 Å². The van der Waals surface area contributed by atoms with E-state index in [1.54, 1.807) is 10.9 Å². The average Bonchev–Trinajstić information content (AvgIpc) is 2.51. The minimum atomic E-state index is -2.30. The molecule has 0 fully saturated rings. The quantitative estimate of drug-likeness (QED) is 0.779. The number of aryl methyl sites for hydroxylation is 1. The third kappa shape index (κ3) is 3.41. The van der Waals surface area contributed by atoms with Gasteiger partial charge in [-0.15, -0.1) is 0 Å². The van der Waals surface area contributed by atoms with Crippen molar-refractivity contribution in [2.45, 2.75) is 25.8 Å². The fourth-order valence-electron chi connectivity index (χ4n) is 1.13. The van der Waals surface area contributed by atoms with Gasteiger partial charge in [-0.1, -0.05) is 0 Å². The van der Waals surface area contributed by atoms with Crippen LogP contribution in [0.4, 0.5) is 8.78 Å². The highest BCUT2D eigenvalue weighted by Crippen LogP contribution is 2.00. The number of hydrogen-bond acceptors (Lipinski definition) is 2. The lowest BCUT2D eigenvalue weighted by Gasteiger charge is -2.11. The number of nitrogens with zero attached hydrogens (tertiary/aromatic N) is 2. The van der Waals surface area contributed by atoms with Gasteiger partial charge >= 0.3 is 0 Å². The van der Waals surface area contributed by atoms with Crippen LogP contribution < -0.4 is 5.32 Å². The summed E-state index contributed by atoms with van der Waals surface area (Å²) in [6.07, 6.45) is 2.05. The highest BCUT2D eigenvalue weighted by molar-refractivity contribution is 5.03. The van der Waals surface area contributed by atoms with E-state index in [9.17, 15) is 8.78 Å². The summed E-state index contributed by atoms with van der Waals surface area (Å²) in [6, 6.07) is -0.744. The van der Waals surface area contributed by atoms with Crippen LogP contribution in [0.2, 0.25) is 0 Å². The van der Waals surface area contributed by atoms with Crippen LogP contribution in [-0.4, -0.2) is 28.8 Å². The molecule has 0 saturated carbocycles. The molecule has 0 aliphatic rings. The van der Waals surface area contributed by atoms with Crippen LogP contribution in [0, 0.1) is 0 Å². The van der Waals surface area contributed by atoms with Gasteiger partial charge in [-0.2, -0.15) is 5.10 Å². The molecule has 1 unspecified atom stereocenters. The lowest BCUT2D eigenvalue weighted by atomic mass is 10.2. The van der Waals surface area contributed by atoms with Crippen molar-refractivity contribution in [3.8, 4) is 0 Å². The van der Waals surface area contributed by atoms with Crippen LogP contribution >= 0.6 is 0 Å². The summed E-state index contributed by atoms with van der Waals surface area (Å²) in [6.45, 7) is 2.03. The molecule has 0 amide bonds. The van der Waals surface area contributed by atoms with Crippen LogP contribution in [-0.2, 0) is 13.5 Å². The Morgan fingerprint density at radius 3 is 2.79 bits per heavy atom. The molecule has 1 heterocycles. The van der Waals surface area contributed by atoms with Crippen molar-refractivity contribution in [3.05, 3.63) is 18.0 Å². The summed E-state index contributed by atoms with van der Waals surface area (Å²) in [5.41, 5.74) is 1.06. The SMILES string of the molecule is CC(NCCc1cnn(C)c1)C(F)F. The third-order valence-electron chi connectivity index (χ3n) is 2.02. The molecule has 0 aliphatic carbocycles. The van der Waals surface area contributed by atoms with Gasteiger partial charge in [0.05, 0.1) is 12.2 Å². The van der Waals surface area contributed by atoms with Crippen molar-refractivity contribution in [2.24, 2.45) is 7.05 Å². The summed E-state index contributed by atoms with van der Waals surface area (Å²) < 4.78 is 25.9. The maximum absolute atomic E-state index is 12.1. The first-order valence-electron chi connectivity index (χ1n) is 4.58. The zero-order valence-corrected chi connectivity index (χ0v) is 8.37. The molecule has 1 N–H and O–H groups in total. The fourth-order valence-corrected chi connectivity index (χ4v) is 1.13. The smallest absolute Gasteiger partial charge is 0.253 e. The minimum absolute atomic E-state index is 0.553. The van der Waals surface area contributed by atoms with E-state index in [4.69, 9.17) is 0 Å². The summed E-state index contributed by atoms with van der Waals surface area (Å²) in [5.74, 6) is 0. The Bertz CT molecular complexity index is 273. The van der Waals surface area contributed by atoms with Gasteiger partial charge in [0.25, 0.3) is 6.43 Å². The second-order valence-electron chi connectivity index (χ2n) is 3.35. The van der Waals surface area contributed by atoms with Gasteiger partial charge in [0, 0.05) is 13.2 Å². The molecule has 1 atom stereocenters. The lowest BCUT2D eigenvalue weighted by molar-refractivity contribution is 0.106. The molecule has 0 aliphatic heterocycles. The molecule has 80 valence electrons. The van der Waals surface area contributed by atoms with E-state index in [-0.39, 0.29) is 0 Å². The molecule has 1 rings (SSSR count). The Kier molecular flexibility index (Phi) is 4.00. The van der Waals surface area contributed by atoms with Gasteiger partial charge in [0.15, 0.2) is 0 Å². The van der Waals surface area contributed by atoms with Crippen molar-refractivity contribution in [3.63, 3.8) is 0 Å². The molecule has 1 aromatic rings. The van der Waals surface area contributed by atoms with Gasteiger partial charge in [-0.25, -0.2) is 8.78 Å². The predicted octanol–water partition coefficient (Wildman–Crippen LogP) is 1.21. The Morgan fingerprint density at radius 2 is 2.29 bits per heavy atom. The molecule has 5 heteroatoms. The van der Waals surface area contributed by atoms with Gasteiger partial charge in [-0.05, 0) is 25.5 Å². The molecule has 3 nitrogen and oxygen atoms in total. The summed E-state index contributed by atoms with van der Waals surface area (Å²) in [4.78, 5) is 0. The van der Waals surface area contributed by atoms with Crippen LogP contribution in [0.1, 0.15) is 12.5 Å². The molecule has 14 heavy (non-hydrogen) atoms. The Balaban J connectivity index is 2.22. The number of hydrogen-bond donors (Lipinski definition) is 1. The largest absolute Gasteiger partial charge is 0.309 e. The number of rotatable bonds is 5. The highest BCUT2D eigenvalue weighted by Gasteiger charge is 2.12. The van der Waals surface area contributed by atoms with Gasteiger partial charge < -0.3 is 5.32 Å². The molecule has 0 radical (unpaired) electrons. The Labute approximate surface area is 82.1 Å². The maximum atomic E-state index is 12.1. The van der Waals surface area contributed by atoms with Gasteiger partial charge in [-0.3, -0.25) is 4.68 Å². The van der Waals surface area contributed by atoms with Crippen LogP contribution in [0.15, 0.2) is 12.4 Å². The zero-order chi connectivity index (χ0) is 10.6. The molecule has 1 aromatic heterocycles. The number of alkyl halides is 2. The van der Waals surface area contributed by atoms with E-state index in [1.165, 1.54) is 6.92 Å². The van der Waals surface area contributed by atoms with Crippen LogP contribution in [0.3, 0.4) is 0 Å². The van der Waals surface area contributed by atoms with Gasteiger partial charge in [0.2, 0.25) is 0 Å². The monoisotopic (exact) mass is 203 g/mol. The fraction of sp³-hybridized carbons (Fsp3) is 0.667. The van der Waals surface area contributed by atoms with Crippen LogP contribution in [0.5, 0.6) is 0 Å². The van der Waals surface area contributed by atoms with E-state index in [0.29, 0.717) is 6.54 Å². The normalized spacial score (nSPS) is 13.5. The summed E-state index contributed by atoms with van der Waals surface area (Å²) >= 11 is 0. The molecule has 0 spiro atoms. The van der Waals surface area contributed by atoms with Crippen molar-refractivity contribution in [2.75, 3.05) is 6.54 Å². The van der Waals surface area contributed by atoms with E-state index in [0.717, 1.165) is 12.0 Å². The molecule has 0 bridgehead atoms. The number of aromatic nitrogens is 2. The molecule has 0 aromatic carbocycles. The first kappa shape index (κ1) is 11.1. The summed E-state index contributed by atoms with van der Waals surface area (Å²) in [5, 5.41) is 6.74. The molecular weight excluding hydrogens is 188 g/mol. The number of halogens is 2. The minimum Gasteiger partial charge on any atom is -0.309 e. The predicted molar refractivity (Wildman–Crippen MR) is 50.4 cm³/mol. The first-order chi connectivity index (χ1) is 6.59. The van der Waals surface area contributed by atoms with E-state index < -0.39 is 12.5 Å². The Morgan fingerprint density at radius 1 is 1.57 bits per heavy atom. The zero-order valence-electron chi connectivity index (χ0n) is 8.37. The molecule has 0 saturated heterocycles. The maximum Gasteiger partial charge on any atom is 0.253 e. The second-order valence-corrected chi connectivity index (χ2v) is 3.35. The van der Waals surface area contributed by atoms with Crippen molar-refractivity contribution < 1.29 is 8.78 Å². The lowest BCUT2D eigenvalue weighted by Crippen LogP contribution is -2.33.